The van der Waals surface area contributed by atoms with Gasteiger partial charge in [0, 0.05) is 5.69 Å². The van der Waals surface area contributed by atoms with E-state index in [1.807, 2.05) is 19.9 Å². The molecule has 1 N–H and O–H groups in total. The first kappa shape index (κ1) is 16.3. The summed E-state index contributed by atoms with van der Waals surface area (Å²) < 4.78 is 7.05. The molecule has 7 nitrogen and oxygen atoms in total. The van der Waals surface area contributed by atoms with Crippen LogP contribution in [0.2, 0.25) is 0 Å². The molecule has 122 valence electrons. The van der Waals surface area contributed by atoms with Gasteiger partial charge in [0.25, 0.3) is 0 Å². The van der Waals surface area contributed by atoms with Crippen LogP contribution in [0.1, 0.15) is 38.6 Å². The van der Waals surface area contributed by atoms with Crippen LogP contribution in [0.5, 0.6) is 0 Å². The van der Waals surface area contributed by atoms with Crippen LogP contribution in [0.3, 0.4) is 0 Å². The molecule has 2 heterocycles. The molecule has 0 unspecified atom stereocenters. The third kappa shape index (κ3) is 3.23. The van der Waals surface area contributed by atoms with E-state index in [1.54, 1.807) is 25.5 Å². The average molecular weight is 309 g/mol. The Kier molecular flexibility index (Phi) is 3.93. The molecule has 0 radical (unpaired) electrons. The third-order valence-electron chi connectivity index (χ3n) is 3.56. The number of carboxylic acid groups (broad SMARTS) is 1. The van der Waals surface area contributed by atoms with E-state index in [1.165, 1.54) is 4.90 Å². The number of carbonyl (C=O) groups is 2. The topological polar surface area (TPSA) is 84.7 Å². The largest absolute Gasteiger partial charge is 0.481 e. The lowest BCUT2D eigenvalue weighted by molar-refractivity contribution is -0.143. The van der Waals surface area contributed by atoms with Crippen LogP contribution in [-0.2, 0) is 15.1 Å². The number of ether oxygens (including phenoxy) is 1. The van der Waals surface area contributed by atoms with E-state index in [0.717, 1.165) is 11.4 Å². The Morgan fingerprint density at radius 2 is 1.95 bits per heavy atom. The highest BCUT2D eigenvalue weighted by molar-refractivity contribution is 5.72. The van der Waals surface area contributed by atoms with E-state index >= 15 is 0 Å². The Balaban J connectivity index is 2.17. The van der Waals surface area contributed by atoms with Gasteiger partial charge in [-0.2, -0.15) is 5.10 Å². The number of aryl methyl sites for hydroxylation is 2. The van der Waals surface area contributed by atoms with Crippen molar-refractivity contribution >= 4 is 12.1 Å². The quantitative estimate of drug-likeness (QED) is 0.922. The van der Waals surface area contributed by atoms with Crippen molar-refractivity contribution in [2.45, 2.75) is 52.2 Å². The minimum atomic E-state index is -0.906. The maximum atomic E-state index is 12.1. The molecule has 1 aliphatic heterocycles. The van der Waals surface area contributed by atoms with Crippen LogP contribution in [0.4, 0.5) is 4.79 Å². The summed E-state index contributed by atoms with van der Waals surface area (Å²) in [5.74, 6) is -0.906. The van der Waals surface area contributed by atoms with Crippen molar-refractivity contribution < 1.29 is 19.4 Å². The second kappa shape index (κ2) is 5.30. The maximum absolute atomic E-state index is 12.1. The first-order valence-corrected chi connectivity index (χ1v) is 7.26. The SMILES string of the molecule is Cc1cc(C)n(C2(CC(=O)O)CN(C(=O)OC(C)(C)C)C2)n1. The molecule has 0 saturated carbocycles. The molecule has 1 aromatic heterocycles. The third-order valence-corrected chi connectivity index (χ3v) is 3.56. The van der Waals surface area contributed by atoms with Crippen molar-refractivity contribution in [2.24, 2.45) is 0 Å². The molecule has 0 spiro atoms. The maximum Gasteiger partial charge on any atom is 0.410 e. The summed E-state index contributed by atoms with van der Waals surface area (Å²) >= 11 is 0. The number of rotatable bonds is 3. The summed E-state index contributed by atoms with van der Waals surface area (Å²) in [5.41, 5.74) is 0.460. The van der Waals surface area contributed by atoms with Gasteiger partial charge < -0.3 is 14.7 Å². The van der Waals surface area contributed by atoms with E-state index < -0.39 is 23.2 Å². The van der Waals surface area contributed by atoms with Crippen LogP contribution < -0.4 is 0 Å². The van der Waals surface area contributed by atoms with Gasteiger partial charge in [0.1, 0.15) is 11.1 Å². The van der Waals surface area contributed by atoms with Gasteiger partial charge in [0.2, 0.25) is 0 Å². The standard InChI is InChI=1S/C15H23N3O4/c1-10-6-11(2)18(16-10)15(7-12(19)20)8-17(9-15)13(21)22-14(3,4)5/h6H,7-9H2,1-5H3,(H,19,20). The minimum Gasteiger partial charge on any atom is -0.481 e. The normalized spacial score (nSPS) is 17.0. The lowest BCUT2D eigenvalue weighted by atomic mass is 9.86. The summed E-state index contributed by atoms with van der Waals surface area (Å²) in [4.78, 5) is 24.8. The first-order valence-electron chi connectivity index (χ1n) is 7.26. The van der Waals surface area contributed by atoms with Crippen LogP contribution >= 0.6 is 0 Å². The Morgan fingerprint density at radius 3 is 2.36 bits per heavy atom. The molecule has 1 aromatic rings. The average Bonchev–Trinajstić information content (AvgIpc) is 2.59. The van der Waals surface area contributed by atoms with Gasteiger partial charge in [-0.05, 0) is 40.7 Å². The van der Waals surface area contributed by atoms with E-state index in [0.29, 0.717) is 0 Å². The van der Waals surface area contributed by atoms with Crippen LogP contribution in [0.25, 0.3) is 0 Å². The predicted molar refractivity (Wildman–Crippen MR) is 79.7 cm³/mol. The highest BCUT2D eigenvalue weighted by Crippen LogP contribution is 2.34. The fourth-order valence-corrected chi connectivity index (χ4v) is 2.83. The number of hydrogen-bond acceptors (Lipinski definition) is 4. The Bertz CT molecular complexity index is 594. The molecule has 1 fully saturated rings. The van der Waals surface area contributed by atoms with Gasteiger partial charge in [-0.15, -0.1) is 0 Å². The van der Waals surface area contributed by atoms with Crippen molar-refractivity contribution in [3.63, 3.8) is 0 Å². The zero-order chi connectivity index (χ0) is 16.7. The molecule has 1 aliphatic rings. The fraction of sp³-hybridized carbons (Fsp3) is 0.667. The van der Waals surface area contributed by atoms with Crippen LogP contribution in [0.15, 0.2) is 6.07 Å². The molecule has 0 atom stereocenters. The number of aliphatic carboxylic acids is 1. The molecular formula is C15H23N3O4. The van der Waals surface area contributed by atoms with Gasteiger partial charge in [0.05, 0.1) is 25.2 Å². The summed E-state index contributed by atoms with van der Waals surface area (Å²) in [7, 11) is 0. The molecular weight excluding hydrogens is 286 g/mol. The van der Waals surface area contributed by atoms with Crippen molar-refractivity contribution in [1.29, 1.82) is 0 Å². The zero-order valence-corrected chi connectivity index (χ0v) is 13.7. The van der Waals surface area contributed by atoms with Crippen molar-refractivity contribution in [2.75, 3.05) is 13.1 Å². The first-order chi connectivity index (χ1) is 10.0. The Hall–Kier alpha value is -2.05. The van der Waals surface area contributed by atoms with E-state index in [9.17, 15) is 14.7 Å². The number of hydrogen-bond donors (Lipinski definition) is 1. The van der Waals surface area contributed by atoms with Gasteiger partial charge in [-0.1, -0.05) is 0 Å². The predicted octanol–water partition coefficient (Wildman–Crippen LogP) is 1.92. The zero-order valence-electron chi connectivity index (χ0n) is 13.7. The molecule has 0 aliphatic carbocycles. The van der Waals surface area contributed by atoms with Crippen LogP contribution in [-0.4, -0.2) is 50.5 Å². The fourth-order valence-electron chi connectivity index (χ4n) is 2.83. The molecule has 2 rings (SSSR count). The number of carboxylic acids is 1. The van der Waals surface area contributed by atoms with Gasteiger partial charge in [0.15, 0.2) is 0 Å². The molecule has 0 bridgehead atoms. The second-order valence-corrected chi connectivity index (χ2v) is 6.97. The molecule has 7 heteroatoms. The molecule has 1 saturated heterocycles. The van der Waals surface area contributed by atoms with Crippen molar-refractivity contribution in [3.05, 3.63) is 17.5 Å². The summed E-state index contributed by atoms with van der Waals surface area (Å²) in [6.45, 7) is 9.73. The summed E-state index contributed by atoms with van der Waals surface area (Å²) in [6.07, 6.45) is -0.496. The number of aromatic nitrogens is 2. The number of likely N-dealkylation sites (tertiary alicyclic amines) is 1. The number of nitrogens with zero attached hydrogens (tertiary/aromatic N) is 3. The second-order valence-electron chi connectivity index (χ2n) is 6.97. The highest BCUT2D eigenvalue weighted by Gasteiger charge is 2.50. The molecule has 22 heavy (non-hydrogen) atoms. The molecule has 0 aromatic carbocycles. The van der Waals surface area contributed by atoms with E-state index in [2.05, 4.69) is 5.10 Å². The Labute approximate surface area is 129 Å². The number of amides is 1. The summed E-state index contributed by atoms with van der Waals surface area (Å²) in [5, 5.41) is 13.6. The van der Waals surface area contributed by atoms with E-state index in [4.69, 9.17) is 4.74 Å². The van der Waals surface area contributed by atoms with Gasteiger partial charge in [-0.3, -0.25) is 9.48 Å². The van der Waals surface area contributed by atoms with Crippen molar-refractivity contribution in [1.82, 2.24) is 14.7 Å². The van der Waals surface area contributed by atoms with Crippen molar-refractivity contribution in [3.8, 4) is 0 Å². The lowest BCUT2D eigenvalue weighted by Gasteiger charge is -2.49. The lowest BCUT2D eigenvalue weighted by Crippen LogP contribution is -2.66. The van der Waals surface area contributed by atoms with E-state index in [-0.39, 0.29) is 19.5 Å². The smallest absolute Gasteiger partial charge is 0.410 e. The van der Waals surface area contributed by atoms with Crippen LogP contribution in [0, 0.1) is 13.8 Å². The summed E-state index contributed by atoms with van der Waals surface area (Å²) in [6, 6.07) is 1.90. The monoisotopic (exact) mass is 309 g/mol. The highest BCUT2D eigenvalue weighted by atomic mass is 16.6. The van der Waals surface area contributed by atoms with Gasteiger partial charge in [-0.25, -0.2) is 4.79 Å². The number of carbonyl (C=O) groups excluding carboxylic acids is 1. The minimum absolute atomic E-state index is 0.0751. The Morgan fingerprint density at radius 1 is 1.36 bits per heavy atom. The van der Waals surface area contributed by atoms with Gasteiger partial charge >= 0.3 is 12.1 Å². The molecule has 1 amide bonds.